The van der Waals surface area contributed by atoms with Crippen molar-refractivity contribution in [3.63, 3.8) is 0 Å². The molecule has 2 aromatic rings. The molecule has 0 unspecified atom stereocenters. The summed E-state index contributed by atoms with van der Waals surface area (Å²) in [5.41, 5.74) is 2.11. The molecule has 0 saturated carbocycles. The van der Waals surface area contributed by atoms with E-state index in [1.807, 2.05) is 54.6 Å². The third-order valence-electron chi connectivity index (χ3n) is 2.80. The molecule has 0 saturated heterocycles. The van der Waals surface area contributed by atoms with Crippen molar-refractivity contribution in [2.24, 2.45) is 0 Å². The van der Waals surface area contributed by atoms with Gasteiger partial charge in [0.15, 0.2) is 6.79 Å². The van der Waals surface area contributed by atoms with Gasteiger partial charge in [0.05, 0.1) is 6.61 Å². The first kappa shape index (κ1) is 14.3. The fourth-order valence-corrected chi connectivity index (χ4v) is 1.83. The zero-order chi connectivity index (χ0) is 14.2. The molecular weight excluding hydrogens is 252 g/mol. The molecule has 104 valence electrons. The maximum Gasteiger partial charge on any atom is 0.189 e. The second-order valence-electron chi connectivity index (χ2n) is 4.62. The molecule has 2 aromatic carbocycles. The molecule has 2 rings (SSSR count). The Balaban J connectivity index is 1.73. The fourth-order valence-electron chi connectivity index (χ4n) is 1.83. The SMILES string of the molecule is CC(=O)Cc1ccc(OCOCc2ccccc2)cc1. The summed E-state index contributed by atoms with van der Waals surface area (Å²) in [5.74, 6) is 0.898. The van der Waals surface area contributed by atoms with Crippen LogP contribution < -0.4 is 4.74 Å². The molecule has 20 heavy (non-hydrogen) atoms. The van der Waals surface area contributed by atoms with Crippen molar-refractivity contribution in [1.82, 2.24) is 0 Å². The van der Waals surface area contributed by atoms with Gasteiger partial charge in [-0.2, -0.15) is 0 Å². The number of carbonyl (C=O) groups is 1. The summed E-state index contributed by atoms with van der Waals surface area (Å²) >= 11 is 0. The summed E-state index contributed by atoms with van der Waals surface area (Å²) in [4.78, 5) is 11.0. The normalized spacial score (nSPS) is 10.2. The van der Waals surface area contributed by atoms with E-state index in [-0.39, 0.29) is 12.6 Å². The van der Waals surface area contributed by atoms with E-state index in [9.17, 15) is 4.79 Å². The summed E-state index contributed by atoms with van der Waals surface area (Å²) in [6, 6.07) is 17.5. The minimum atomic E-state index is 0.157. The maximum atomic E-state index is 11.0. The van der Waals surface area contributed by atoms with E-state index >= 15 is 0 Å². The third kappa shape index (κ3) is 4.86. The Kier molecular flexibility index (Phi) is 5.33. The molecule has 0 amide bonds. The smallest absolute Gasteiger partial charge is 0.189 e. The van der Waals surface area contributed by atoms with E-state index in [0.29, 0.717) is 13.0 Å². The molecule has 0 aromatic heterocycles. The molecule has 0 bridgehead atoms. The lowest BCUT2D eigenvalue weighted by molar-refractivity contribution is -0.116. The molecule has 0 aliphatic carbocycles. The van der Waals surface area contributed by atoms with Gasteiger partial charge in [-0.05, 0) is 30.2 Å². The fraction of sp³-hybridized carbons (Fsp3) is 0.235. The number of hydrogen-bond donors (Lipinski definition) is 0. The molecule has 3 heteroatoms. The molecule has 0 radical (unpaired) electrons. The zero-order valence-electron chi connectivity index (χ0n) is 11.5. The second-order valence-corrected chi connectivity index (χ2v) is 4.62. The highest BCUT2D eigenvalue weighted by atomic mass is 16.7. The molecule has 0 heterocycles. The van der Waals surface area contributed by atoms with Crippen molar-refractivity contribution in [3.05, 3.63) is 65.7 Å². The van der Waals surface area contributed by atoms with Crippen molar-refractivity contribution in [2.45, 2.75) is 20.0 Å². The van der Waals surface area contributed by atoms with Crippen LogP contribution in [0.25, 0.3) is 0 Å². The summed E-state index contributed by atoms with van der Waals surface area (Å²) in [6.07, 6.45) is 0.463. The zero-order valence-corrected chi connectivity index (χ0v) is 11.5. The highest BCUT2D eigenvalue weighted by Gasteiger charge is 1.99. The molecule has 3 nitrogen and oxygen atoms in total. The molecule has 0 spiro atoms. The first-order valence-corrected chi connectivity index (χ1v) is 6.57. The maximum absolute atomic E-state index is 11.0. The van der Waals surface area contributed by atoms with Gasteiger partial charge in [0.2, 0.25) is 0 Å². The topological polar surface area (TPSA) is 35.5 Å². The highest BCUT2D eigenvalue weighted by Crippen LogP contribution is 2.13. The number of ether oxygens (including phenoxy) is 2. The molecule has 0 aliphatic rings. The van der Waals surface area contributed by atoms with Crippen LogP contribution in [0.1, 0.15) is 18.1 Å². The van der Waals surface area contributed by atoms with Crippen molar-refractivity contribution < 1.29 is 14.3 Å². The number of rotatable bonds is 7. The van der Waals surface area contributed by atoms with Crippen molar-refractivity contribution in [2.75, 3.05) is 6.79 Å². The van der Waals surface area contributed by atoms with Crippen LogP contribution in [-0.2, 0) is 22.6 Å². The second kappa shape index (κ2) is 7.46. The van der Waals surface area contributed by atoms with Gasteiger partial charge in [0, 0.05) is 6.42 Å². The predicted molar refractivity (Wildman–Crippen MR) is 77.6 cm³/mol. The van der Waals surface area contributed by atoms with Gasteiger partial charge in [0.1, 0.15) is 11.5 Å². The Bertz CT molecular complexity index is 532. The quantitative estimate of drug-likeness (QED) is 0.571. The van der Waals surface area contributed by atoms with Gasteiger partial charge < -0.3 is 9.47 Å². The van der Waals surface area contributed by atoms with Crippen LogP contribution in [0, 0.1) is 0 Å². The number of ketones is 1. The van der Waals surface area contributed by atoms with Gasteiger partial charge >= 0.3 is 0 Å². The van der Waals surface area contributed by atoms with E-state index in [1.54, 1.807) is 6.92 Å². The Morgan fingerprint density at radius 2 is 1.65 bits per heavy atom. The van der Waals surface area contributed by atoms with E-state index in [1.165, 1.54) is 0 Å². The summed E-state index contributed by atoms with van der Waals surface area (Å²) in [6.45, 7) is 2.33. The number of carbonyl (C=O) groups excluding carboxylic acids is 1. The Labute approximate surface area is 119 Å². The van der Waals surface area contributed by atoms with E-state index < -0.39 is 0 Å². The molecule has 0 aliphatic heterocycles. The van der Waals surface area contributed by atoms with Crippen LogP contribution in [0.3, 0.4) is 0 Å². The summed E-state index contributed by atoms with van der Waals surface area (Å²) in [5, 5.41) is 0. The lowest BCUT2D eigenvalue weighted by Gasteiger charge is -2.08. The highest BCUT2D eigenvalue weighted by molar-refractivity contribution is 5.78. The standard InChI is InChI=1S/C17H18O3/c1-14(18)11-15-7-9-17(10-8-15)20-13-19-12-16-5-3-2-4-6-16/h2-10H,11-13H2,1H3. The third-order valence-corrected chi connectivity index (χ3v) is 2.80. The number of hydrogen-bond acceptors (Lipinski definition) is 3. The first-order valence-electron chi connectivity index (χ1n) is 6.57. The number of Topliss-reactive ketones (excluding diaryl/α,β-unsaturated/α-hetero) is 1. The molecule has 0 atom stereocenters. The van der Waals surface area contributed by atoms with Crippen molar-refractivity contribution in [1.29, 1.82) is 0 Å². The molecule has 0 fully saturated rings. The van der Waals surface area contributed by atoms with Crippen LogP contribution in [-0.4, -0.2) is 12.6 Å². The van der Waals surface area contributed by atoms with Gasteiger partial charge in [-0.1, -0.05) is 42.5 Å². The Hall–Kier alpha value is -2.13. The van der Waals surface area contributed by atoms with Crippen LogP contribution in [0.5, 0.6) is 5.75 Å². The van der Waals surface area contributed by atoms with Crippen LogP contribution in [0.2, 0.25) is 0 Å². The Morgan fingerprint density at radius 1 is 0.950 bits per heavy atom. The average Bonchev–Trinajstić information content (AvgIpc) is 2.46. The number of benzene rings is 2. The van der Waals surface area contributed by atoms with Crippen LogP contribution >= 0.6 is 0 Å². The van der Waals surface area contributed by atoms with Crippen molar-refractivity contribution >= 4 is 5.78 Å². The molecule has 0 N–H and O–H groups in total. The van der Waals surface area contributed by atoms with Crippen molar-refractivity contribution in [3.8, 4) is 5.75 Å². The lowest BCUT2D eigenvalue weighted by Crippen LogP contribution is -2.03. The Morgan fingerprint density at radius 3 is 2.30 bits per heavy atom. The monoisotopic (exact) mass is 270 g/mol. The van der Waals surface area contributed by atoms with Gasteiger partial charge in [-0.15, -0.1) is 0 Å². The largest absolute Gasteiger partial charge is 0.468 e. The van der Waals surface area contributed by atoms with E-state index in [2.05, 4.69) is 0 Å². The van der Waals surface area contributed by atoms with Crippen LogP contribution in [0.4, 0.5) is 0 Å². The van der Waals surface area contributed by atoms with Gasteiger partial charge in [0.25, 0.3) is 0 Å². The van der Waals surface area contributed by atoms with E-state index in [4.69, 9.17) is 9.47 Å². The summed E-state index contributed by atoms with van der Waals surface area (Å²) in [7, 11) is 0. The minimum absolute atomic E-state index is 0.157. The first-order chi connectivity index (χ1) is 9.74. The van der Waals surface area contributed by atoms with Gasteiger partial charge in [-0.3, -0.25) is 4.79 Å². The van der Waals surface area contributed by atoms with Gasteiger partial charge in [-0.25, -0.2) is 0 Å². The summed E-state index contributed by atoms with van der Waals surface area (Å²) < 4.78 is 10.9. The van der Waals surface area contributed by atoms with Crippen LogP contribution in [0.15, 0.2) is 54.6 Å². The minimum Gasteiger partial charge on any atom is -0.468 e. The lowest BCUT2D eigenvalue weighted by atomic mass is 10.1. The predicted octanol–water partition coefficient (Wildman–Crippen LogP) is 3.37. The average molecular weight is 270 g/mol. The van der Waals surface area contributed by atoms with E-state index in [0.717, 1.165) is 16.9 Å². The molecular formula is C17H18O3.